The van der Waals surface area contributed by atoms with Crippen LogP contribution in [0.4, 0.5) is 0 Å². The van der Waals surface area contributed by atoms with Crippen molar-refractivity contribution in [3.8, 4) is 11.5 Å². The second-order valence-electron chi connectivity index (χ2n) is 7.09. The number of benzene rings is 1. The van der Waals surface area contributed by atoms with Gasteiger partial charge in [0, 0.05) is 17.2 Å². The Morgan fingerprint density at radius 1 is 1.15 bits per heavy atom. The third-order valence-electron chi connectivity index (χ3n) is 3.68. The maximum atomic E-state index is 6.30. The number of aryl methyl sites for hydroxylation is 1. The van der Waals surface area contributed by atoms with Crippen LogP contribution in [0.3, 0.4) is 0 Å². The molecule has 27 heavy (non-hydrogen) atoms. The Labute approximate surface area is 177 Å². The van der Waals surface area contributed by atoms with Gasteiger partial charge in [-0.05, 0) is 37.5 Å². The Bertz CT molecular complexity index is 627. The molecule has 0 saturated heterocycles. The van der Waals surface area contributed by atoms with Gasteiger partial charge in [0.05, 0.1) is 18.2 Å². The molecule has 1 aromatic carbocycles. The Balaban J connectivity index is 2.34. The van der Waals surface area contributed by atoms with E-state index >= 15 is 0 Å². The Hall–Kier alpha value is -1.07. The Kier molecular flexibility index (Phi) is 10.4. The van der Waals surface area contributed by atoms with E-state index in [9.17, 15) is 0 Å². The molecule has 0 aliphatic rings. The minimum absolute atomic E-state index is 0.0280. The van der Waals surface area contributed by atoms with E-state index in [-0.39, 0.29) is 16.5 Å². The van der Waals surface area contributed by atoms with Gasteiger partial charge >= 0.3 is 0 Å². The number of ether oxygens (including phenoxy) is 2. The Morgan fingerprint density at radius 2 is 1.81 bits per heavy atom. The van der Waals surface area contributed by atoms with Gasteiger partial charge in [-0.3, -0.25) is 10.3 Å². The lowest BCUT2D eigenvalue weighted by atomic mass is 9.94. The fraction of sp³-hybridized carbons (Fsp3) is 0.500. The second kappa shape index (κ2) is 11.7. The predicted octanol–water partition coefficient (Wildman–Crippen LogP) is 6.59. The first kappa shape index (κ1) is 24.0. The Morgan fingerprint density at radius 3 is 2.41 bits per heavy atom. The predicted molar refractivity (Wildman–Crippen MR) is 114 cm³/mol. The normalized spacial score (nSPS) is 11.1. The van der Waals surface area contributed by atoms with Crippen molar-refractivity contribution in [2.75, 3.05) is 19.8 Å². The van der Waals surface area contributed by atoms with Gasteiger partial charge in [-0.1, -0.05) is 62.2 Å². The van der Waals surface area contributed by atoms with Crippen molar-refractivity contribution in [1.82, 2.24) is 5.48 Å². The van der Waals surface area contributed by atoms with E-state index in [0.29, 0.717) is 29.7 Å². The van der Waals surface area contributed by atoms with Crippen LogP contribution in [0.5, 0.6) is 11.5 Å². The summed E-state index contributed by atoms with van der Waals surface area (Å²) >= 11 is 17.4. The lowest BCUT2D eigenvalue weighted by Gasteiger charge is -2.22. The molecule has 0 aromatic heterocycles. The lowest BCUT2D eigenvalue weighted by Crippen LogP contribution is -2.24. The number of nitrogens with one attached hydrogen (secondary N) is 1. The zero-order valence-electron chi connectivity index (χ0n) is 16.3. The second-order valence-corrected chi connectivity index (χ2v) is 8.51. The molecule has 0 aliphatic carbocycles. The number of allylic oxidation sites excluding steroid dienone is 1. The molecule has 0 bridgehead atoms. The molecule has 1 N–H and O–H groups in total. The number of hydroxylamine groups is 1. The van der Waals surface area contributed by atoms with Gasteiger partial charge in [0.2, 0.25) is 0 Å². The minimum atomic E-state index is -0.0280. The number of hydrogen-bond acceptors (Lipinski definition) is 4. The maximum absolute atomic E-state index is 6.30. The zero-order chi connectivity index (χ0) is 20.4. The highest BCUT2D eigenvalue weighted by Crippen LogP contribution is 2.33. The van der Waals surface area contributed by atoms with Crippen molar-refractivity contribution in [3.05, 3.63) is 45.6 Å². The average Bonchev–Trinajstić information content (AvgIpc) is 2.54. The van der Waals surface area contributed by atoms with Crippen LogP contribution in [-0.2, 0) is 4.84 Å². The number of rotatable bonds is 11. The maximum Gasteiger partial charge on any atom is 0.141 e. The molecule has 0 amide bonds. The van der Waals surface area contributed by atoms with Crippen LogP contribution in [-0.4, -0.2) is 19.8 Å². The van der Waals surface area contributed by atoms with Gasteiger partial charge in [0.25, 0.3) is 0 Å². The highest BCUT2D eigenvalue weighted by molar-refractivity contribution is 6.55. The molecule has 7 heteroatoms. The summed E-state index contributed by atoms with van der Waals surface area (Å²) in [5.41, 5.74) is 4.62. The number of halogens is 3. The van der Waals surface area contributed by atoms with Gasteiger partial charge < -0.3 is 9.47 Å². The van der Waals surface area contributed by atoms with E-state index < -0.39 is 0 Å². The van der Waals surface area contributed by atoms with Crippen LogP contribution in [0.15, 0.2) is 35.0 Å². The van der Waals surface area contributed by atoms with E-state index in [1.807, 2.05) is 13.0 Å². The standard InChI is InChI=1S/C20H28Cl3NO3/c1-14-12-16(25-11-8-18(22)23)13-17(21)19(14)26-9-6-7-10-27-24-15(2)20(3,4)5/h8,12-13,24H,2,6-7,9-11H2,1,3-5H3. The average molecular weight is 437 g/mol. The van der Waals surface area contributed by atoms with Crippen molar-refractivity contribution in [1.29, 1.82) is 0 Å². The van der Waals surface area contributed by atoms with E-state index in [2.05, 4.69) is 32.8 Å². The first-order valence-electron chi connectivity index (χ1n) is 8.75. The van der Waals surface area contributed by atoms with Crippen LogP contribution in [0.1, 0.15) is 39.2 Å². The first-order valence-corrected chi connectivity index (χ1v) is 9.88. The molecule has 0 atom stereocenters. The fourth-order valence-electron chi connectivity index (χ4n) is 1.91. The molecule has 0 fully saturated rings. The van der Waals surface area contributed by atoms with E-state index in [0.717, 1.165) is 24.1 Å². The summed E-state index contributed by atoms with van der Waals surface area (Å²) in [6, 6.07) is 3.58. The summed E-state index contributed by atoms with van der Waals surface area (Å²) in [7, 11) is 0. The van der Waals surface area contributed by atoms with Crippen molar-refractivity contribution >= 4 is 34.8 Å². The van der Waals surface area contributed by atoms with E-state index in [1.165, 1.54) is 0 Å². The largest absolute Gasteiger partial charge is 0.492 e. The topological polar surface area (TPSA) is 39.7 Å². The van der Waals surface area contributed by atoms with Gasteiger partial charge in [0.15, 0.2) is 0 Å². The van der Waals surface area contributed by atoms with Gasteiger partial charge in [0.1, 0.15) is 22.6 Å². The third kappa shape index (κ3) is 9.61. The molecule has 1 aromatic rings. The molecular weight excluding hydrogens is 409 g/mol. The monoisotopic (exact) mass is 435 g/mol. The lowest BCUT2D eigenvalue weighted by molar-refractivity contribution is 0.0464. The summed E-state index contributed by atoms with van der Waals surface area (Å²) in [5.74, 6) is 1.30. The highest BCUT2D eigenvalue weighted by atomic mass is 35.5. The molecule has 0 radical (unpaired) electrons. The first-order chi connectivity index (χ1) is 12.6. The smallest absolute Gasteiger partial charge is 0.141 e. The van der Waals surface area contributed by atoms with E-state index in [1.54, 1.807) is 12.1 Å². The molecule has 0 aliphatic heterocycles. The van der Waals surface area contributed by atoms with Crippen LogP contribution < -0.4 is 15.0 Å². The van der Waals surface area contributed by atoms with Gasteiger partial charge in [-0.2, -0.15) is 0 Å². The molecule has 0 heterocycles. The zero-order valence-corrected chi connectivity index (χ0v) is 18.6. The van der Waals surface area contributed by atoms with Crippen molar-refractivity contribution < 1.29 is 14.3 Å². The molecule has 0 unspecified atom stereocenters. The van der Waals surface area contributed by atoms with E-state index in [4.69, 9.17) is 49.1 Å². The van der Waals surface area contributed by atoms with Gasteiger partial charge in [-0.25, -0.2) is 0 Å². The molecule has 0 spiro atoms. The van der Waals surface area contributed by atoms with Crippen molar-refractivity contribution in [3.63, 3.8) is 0 Å². The molecule has 4 nitrogen and oxygen atoms in total. The summed E-state index contributed by atoms with van der Waals surface area (Å²) < 4.78 is 11.5. The van der Waals surface area contributed by atoms with Crippen LogP contribution in [0.25, 0.3) is 0 Å². The molecule has 152 valence electrons. The minimum Gasteiger partial charge on any atom is -0.492 e. The van der Waals surface area contributed by atoms with Crippen LogP contribution in [0, 0.1) is 12.3 Å². The molecular formula is C20H28Cl3NO3. The summed E-state index contributed by atoms with van der Waals surface area (Å²) in [4.78, 5) is 5.42. The number of unbranched alkanes of at least 4 members (excludes halogenated alkanes) is 1. The third-order valence-corrected chi connectivity index (χ3v) is 4.27. The SMILES string of the molecule is C=C(NOCCCCOc1c(C)cc(OCC=C(Cl)Cl)cc1Cl)C(C)(C)C. The van der Waals surface area contributed by atoms with Crippen molar-refractivity contribution in [2.24, 2.45) is 5.41 Å². The van der Waals surface area contributed by atoms with Crippen LogP contribution >= 0.6 is 34.8 Å². The van der Waals surface area contributed by atoms with Gasteiger partial charge in [-0.15, -0.1) is 0 Å². The van der Waals surface area contributed by atoms with Crippen molar-refractivity contribution in [2.45, 2.75) is 40.5 Å². The van der Waals surface area contributed by atoms with Crippen LogP contribution in [0.2, 0.25) is 5.02 Å². The highest BCUT2D eigenvalue weighted by Gasteiger charge is 2.14. The number of hydrogen-bond donors (Lipinski definition) is 1. The molecule has 0 saturated carbocycles. The summed E-state index contributed by atoms with van der Waals surface area (Å²) in [5, 5.41) is 0.505. The summed E-state index contributed by atoms with van der Waals surface area (Å²) in [6.07, 6.45) is 3.26. The molecule has 1 rings (SSSR count). The quantitative estimate of drug-likeness (QED) is 0.314. The fourth-order valence-corrected chi connectivity index (χ4v) is 2.35. The summed E-state index contributed by atoms with van der Waals surface area (Å²) in [6.45, 7) is 13.5.